The Morgan fingerprint density at radius 1 is 1.21 bits per heavy atom. The summed E-state index contributed by atoms with van der Waals surface area (Å²) in [5, 5.41) is 4.13. The van der Waals surface area contributed by atoms with Crippen LogP contribution in [-0.2, 0) is 9.59 Å². The van der Waals surface area contributed by atoms with E-state index in [1.165, 1.54) is 6.92 Å². The van der Waals surface area contributed by atoms with Crippen LogP contribution in [-0.4, -0.2) is 17.8 Å². The van der Waals surface area contributed by atoms with Gasteiger partial charge in [-0.3, -0.25) is 20.2 Å². The molecule has 76 valence electrons. The molecule has 0 aromatic rings. The molecular weight excluding hydrogens is 184 g/mol. The lowest BCUT2D eigenvalue weighted by atomic mass is 9.80. The third-order valence-corrected chi connectivity index (χ3v) is 2.58. The Labute approximate surface area is 81.5 Å². The van der Waals surface area contributed by atoms with Crippen molar-refractivity contribution in [3.05, 3.63) is 11.6 Å². The molecule has 0 aromatic heterocycles. The number of carbonyl (C=O) groups is 3. The van der Waals surface area contributed by atoms with Gasteiger partial charge in [-0.05, 0) is 20.8 Å². The topological polar surface area (TPSA) is 75.3 Å². The summed E-state index contributed by atoms with van der Waals surface area (Å²) < 4.78 is 0. The van der Waals surface area contributed by atoms with E-state index in [1.54, 1.807) is 19.9 Å². The highest BCUT2D eigenvalue weighted by molar-refractivity contribution is 6.20. The van der Waals surface area contributed by atoms with E-state index in [2.05, 4.69) is 10.6 Å². The molecule has 1 heterocycles. The zero-order chi connectivity index (χ0) is 10.9. The smallest absolute Gasteiger partial charge is 0.277 e. The summed E-state index contributed by atoms with van der Waals surface area (Å²) in [6.45, 7) is 4.89. The molecule has 0 aliphatic carbocycles. The SMILES string of the molecule is C/C=C(/C)C1(C)C(=O)NC(=O)NC1=O. The minimum atomic E-state index is -1.28. The van der Waals surface area contributed by atoms with Crippen LogP contribution >= 0.6 is 0 Å². The van der Waals surface area contributed by atoms with Crippen molar-refractivity contribution in [2.45, 2.75) is 20.8 Å². The van der Waals surface area contributed by atoms with Crippen molar-refractivity contribution < 1.29 is 14.4 Å². The van der Waals surface area contributed by atoms with Gasteiger partial charge in [0.25, 0.3) is 0 Å². The van der Waals surface area contributed by atoms with E-state index in [0.717, 1.165) is 0 Å². The Balaban J connectivity index is 3.14. The largest absolute Gasteiger partial charge is 0.328 e. The van der Waals surface area contributed by atoms with Gasteiger partial charge in [0.05, 0.1) is 0 Å². The predicted octanol–water partition coefficient (Wildman–Crippen LogP) is 0.325. The first-order valence-corrected chi connectivity index (χ1v) is 4.23. The van der Waals surface area contributed by atoms with E-state index in [0.29, 0.717) is 5.57 Å². The number of barbiturate groups is 1. The molecule has 1 fully saturated rings. The summed E-state index contributed by atoms with van der Waals surface area (Å²) in [5.41, 5.74) is -0.664. The maximum atomic E-state index is 11.5. The van der Waals surface area contributed by atoms with Crippen LogP contribution in [0.5, 0.6) is 0 Å². The number of amides is 4. The van der Waals surface area contributed by atoms with Crippen molar-refractivity contribution in [1.29, 1.82) is 0 Å². The second kappa shape index (κ2) is 3.25. The second-order valence-corrected chi connectivity index (χ2v) is 3.33. The van der Waals surface area contributed by atoms with Crippen LogP contribution in [0.15, 0.2) is 11.6 Å². The zero-order valence-corrected chi connectivity index (χ0v) is 8.30. The van der Waals surface area contributed by atoms with Crippen LogP contribution in [0, 0.1) is 5.41 Å². The van der Waals surface area contributed by atoms with Gasteiger partial charge in [0.1, 0.15) is 5.41 Å². The molecule has 0 atom stereocenters. The summed E-state index contributed by atoms with van der Waals surface area (Å²) in [5.74, 6) is -1.16. The van der Waals surface area contributed by atoms with E-state index >= 15 is 0 Å². The highest BCUT2D eigenvalue weighted by Gasteiger charge is 2.47. The van der Waals surface area contributed by atoms with Crippen molar-refractivity contribution in [3.8, 4) is 0 Å². The van der Waals surface area contributed by atoms with Crippen molar-refractivity contribution in [1.82, 2.24) is 10.6 Å². The molecule has 0 aromatic carbocycles. The monoisotopic (exact) mass is 196 g/mol. The minimum absolute atomic E-state index is 0.582. The molecule has 5 nitrogen and oxygen atoms in total. The Morgan fingerprint density at radius 2 is 1.64 bits per heavy atom. The molecule has 1 aliphatic rings. The summed E-state index contributed by atoms with van der Waals surface area (Å²) >= 11 is 0. The molecule has 1 saturated heterocycles. The number of nitrogens with one attached hydrogen (secondary N) is 2. The molecule has 0 unspecified atom stereocenters. The van der Waals surface area contributed by atoms with Crippen LogP contribution < -0.4 is 10.6 Å². The first kappa shape index (κ1) is 10.4. The number of hydrogen-bond acceptors (Lipinski definition) is 3. The number of urea groups is 1. The minimum Gasteiger partial charge on any atom is -0.277 e. The van der Waals surface area contributed by atoms with E-state index in [9.17, 15) is 14.4 Å². The summed E-state index contributed by atoms with van der Waals surface area (Å²) in [7, 11) is 0. The molecule has 1 aliphatic heterocycles. The molecule has 0 spiro atoms. The quantitative estimate of drug-likeness (QED) is 0.468. The van der Waals surface area contributed by atoms with Gasteiger partial charge < -0.3 is 0 Å². The van der Waals surface area contributed by atoms with Gasteiger partial charge in [0.15, 0.2) is 0 Å². The van der Waals surface area contributed by atoms with Crippen molar-refractivity contribution in [2.75, 3.05) is 0 Å². The average Bonchev–Trinajstić information content (AvgIpc) is 2.12. The Kier molecular flexibility index (Phi) is 2.42. The van der Waals surface area contributed by atoms with Gasteiger partial charge in [-0.15, -0.1) is 0 Å². The third-order valence-electron chi connectivity index (χ3n) is 2.58. The second-order valence-electron chi connectivity index (χ2n) is 3.33. The number of allylic oxidation sites excluding steroid dienone is 1. The van der Waals surface area contributed by atoms with E-state index < -0.39 is 23.3 Å². The maximum absolute atomic E-state index is 11.5. The average molecular weight is 196 g/mol. The molecule has 5 heteroatoms. The molecule has 0 saturated carbocycles. The number of imide groups is 2. The number of carbonyl (C=O) groups excluding carboxylic acids is 3. The normalized spacial score (nSPS) is 21.6. The molecule has 14 heavy (non-hydrogen) atoms. The van der Waals surface area contributed by atoms with Gasteiger partial charge in [-0.1, -0.05) is 11.6 Å². The van der Waals surface area contributed by atoms with Crippen LogP contribution in [0.25, 0.3) is 0 Å². The molecule has 1 rings (SSSR count). The zero-order valence-electron chi connectivity index (χ0n) is 8.30. The Bertz CT molecular complexity index is 324. The van der Waals surface area contributed by atoms with Crippen LogP contribution in [0.2, 0.25) is 0 Å². The fourth-order valence-electron chi connectivity index (χ4n) is 1.24. The highest BCUT2D eigenvalue weighted by atomic mass is 16.2. The van der Waals surface area contributed by atoms with E-state index in [1.807, 2.05) is 0 Å². The van der Waals surface area contributed by atoms with Gasteiger partial charge in [-0.2, -0.15) is 0 Å². The van der Waals surface area contributed by atoms with Gasteiger partial charge >= 0.3 is 6.03 Å². The molecule has 0 bridgehead atoms. The van der Waals surface area contributed by atoms with Gasteiger partial charge in [-0.25, -0.2) is 4.79 Å². The lowest BCUT2D eigenvalue weighted by Gasteiger charge is -2.31. The Hall–Kier alpha value is -1.65. The van der Waals surface area contributed by atoms with Gasteiger partial charge in [0, 0.05) is 0 Å². The third kappa shape index (κ3) is 1.30. The first-order chi connectivity index (χ1) is 6.42. The van der Waals surface area contributed by atoms with E-state index in [-0.39, 0.29) is 0 Å². The van der Waals surface area contributed by atoms with Crippen LogP contribution in [0.3, 0.4) is 0 Å². The molecular formula is C9H12N2O3. The summed E-state index contributed by atoms with van der Waals surface area (Å²) in [6, 6.07) is -0.763. The van der Waals surface area contributed by atoms with Gasteiger partial charge in [0.2, 0.25) is 11.8 Å². The summed E-state index contributed by atoms with van der Waals surface area (Å²) in [6.07, 6.45) is 1.68. The maximum Gasteiger partial charge on any atom is 0.328 e. The molecule has 4 amide bonds. The van der Waals surface area contributed by atoms with Crippen LogP contribution in [0.4, 0.5) is 4.79 Å². The molecule has 0 radical (unpaired) electrons. The van der Waals surface area contributed by atoms with Crippen molar-refractivity contribution >= 4 is 17.8 Å². The first-order valence-electron chi connectivity index (χ1n) is 4.23. The summed E-state index contributed by atoms with van der Waals surface area (Å²) in [4.78, 5) is 33.8. The lowest BCUT2D eigenvalue weighted by Crippen LogP contribution is -2.61. The Morgan fingerprint density at radius 3 is 2.00 bits per heavy atom. The lowest BCUT2D eigenvalue weighted by molar-refractivity contribution is -0.140. The molecule has 2 N–H and O–H groups in total. The van der Waals surface area contributed by atoms with Crippen molar-refractivity contribution in [2.24, 2.45) is 5.41 Å². The fourth-order valence-corrected chi connectivity index (χ4v) is 1.24. The fraction of sp³-hybridized carbons (Fsp3) is 0.444. The van der Waals surface area contributed by atoms with E-state index in [4.69, 9.17) is 0 Å². The number of rotatable bonds is 1. The highest BCUT2D eigenvalue weighted by Crippen LogP contribution is 2.28. The predicted molar refractivity (Wildman–Crippen MR) is 49.2 cm³/mol. The van der Waals surface area contributed by atoms with Crippen LogP contribution in [0.1, 0.15) is 20.8 Å². The van der Waals surface area contributed by atoms with Crippen molar-refractivity contribution in [3.63, 3.8) is 0 Å². The number of hydrogen-bond donors (Lipinski definition) is 2. The standard InChI is InChI=1S/C9H12N2O3/c1-4-5(2)9(3)6(12)10-8(14)11-7(9)13/h4H,1-3H3,(H2,10,11,12,13,14)/b5-4-.